The summed E-state index contributed by atoms with van der Waals surface area (Å²) in [7, 11) is 1.27. The predicted molar refractivity (Wildman–Crippen MR) is 98.8 cm³/mol. The van der Waals surface area contributed by atoms with Gasteiger partial charge in [0.1, 0.15) is 6.54 Å². The highest BCUT2D eigenvalue weighted by atomic mass is 32.1. The van der Waals surface area contributed by atoms with E-state index in [9.17, 15) is 19.2 Å². The number of anilines is 1. The van der Waals surface area contributed by atoms with Gasteiger partial charge in [0, 0.05) is 10.6 Å². The van der Waals surface area contributed by atoms with Gasteiger partial charge in [0.05, 0.1) is 17.6 Å². The Morgan fingerprint density at radius 2 is 1.74 bits per heavy atom. The number of aryl methyl sites for hydroxylation is 1. The van der Waals surface area contributed by atoms with E-state index in [2.05, 4.69) is 15.4 Å². The van der Waals surface area contributed by atoms with Crippen LogP contribution in [0.15, 0.2) is 36.4 Å². The van der Waals surface area contributed by atoms with Crippen molar-refractivity contribution in [1.29, 1.82) is 0 Å². The number of esters is 2. The number of thiophene rings is 1. The molecule has 2 rings (SSSR count). The number of hydrogen-bond acceptors (Lipinski definition) is 7. The van der Waals surface area contributed by atoms with Gasteiger partial charge in [-0.05, 0) is 43.3 Å². The van der Waals surface area contributed by atoms with Crippen molar-refractivity contribution < 1.29 is 28.7 Å². The lowest BCUT2D eigenvalue weighted by Crippen LogP contribution is -2.31. The predicted octanol–water partition coefficient (Wildman–Crippen LogP) is 1.75. The maximum atomic E-state index is 11.8. The molecule has 0 aliphatic heterocycles. The fourth-order valence-corrected chi connectivity index (χ4v) is 2.78. The molecule has 8 nitrogen and oxygen atoms in total. The highest BCUT2D eigenvalue weighted by molar-refractivity contribution is 7.13. The van der Waals surface area contributed by atoms with Crippen LogP contribution in [0.2, 0.25) is 0 Å². The lowest BCUT2D eigenvalue weighted by molar-refractivity contribution is -0.146. The number of benzene rings is 1. The highest BCUT2D eigenvalue weighted by Crippen LogP contribution is 2.14. The summed E-state index contributed by atoms with van der Waals surface area (Å²) in [5.74, 6) is -2.14. The first kappa shape index (κ1) is 20.1. The van der Waals surface area contributed by atoms with Crippen molar-refractivity contribution >= 4 is 40.8 Å². The van der Waals surface area contributed by atoms with Crippen molar-refractivity contribution in [1.82, 2.24) is 5.32 Å². The number of nitrogens with one attached hydrogen (secondary N) is 2. The van der Waals surface area contributed by atoms with Gasteiger partial charge in [-0.1, -0.05) is 0 Å². The van der Waals surface area contributed by atoms with Crippen LogP contribution in [0.5, 0.6) is 0 Å². The molecule has 0 bridgehead atoms. The first-order chi connectivity index (χ1) is 12.9. The molecular weight excluding hydrogens is 372 g/mol. The summed E-state index contributed by atoms with van der Waals surface area (Å²) in [6.07, 6.45) is 0. The zero-order valence-electron chi connectivity index (χ0n) is 14.7. The highest BCUT2D eigenvalue weighted by Gasteiger charge is 2.12. The Morgan fingerprint density at radius 3 is 2.33 bits per heavy atom. The normalized spacial score (nSPS) is 10.0. The van der Waals surface area contributed by atoms with Crippen LogP contribution < -0.4 is 10.6 Å². The Labute approximate surface area is 159 Å². The lowest BCUT2D eigenvalue weighted by atomic mass is 10.2. The monoisotopic (exact) mass is 390 g/mol. The molecule has 142 valence electrons. The third-order valence-electron chi connectivity index (χ3n) is 3.31. The fourth-order valence-electron chi connectivity index (χ4n) is 2.00. The molecule has 0 unspecified atom stereocenters. The number of hydrogen-bond donors (Lipinski definition) is 2. The molecule has 0 atom stereocenters. The van der Waals surface area contributed by atoms with E-state index in [0.717, 1.165) is 4.88 Å². The smallest absolute Gasteiger partial charge is 0.337 e. The fraction of sp³-hybridized carbons (Fsp3) is 0.222. The minimum Gasteiger partial charge on any atom is -0.465 e. The zero-order valence-corrected chi connectivity index (χ0v) is 15.6. The quantitative estimate of drug-likeness (QED) is 0.697. The lowest BCUT2D eigenvalue weighted by Gasteiger charge is -2.08. The molecule has 9 heteroatoms. The summed E-state index contributed by atoms with van der Waals surface area (Å²) < 4.78 is 9.39. The third-order valence-corrected chi connectivity index (χ3v) is 4.31. The second-order valence-electron chi connectivity index (χ2n) is 5.37. The molecule has 2 amide bonds. The van der Waals surface area contributed by atoms with Gasteiger partial charge in [-0.15, -0.1) is 11.3 Å². The second-order valence-corrected chi connectivity index (χ2v) is 6.66. The Morgan fingerprint density at radius 1 is 1.04 bits per heavy atom. The maximum absolute atomic E-state index is 11.8. The minimum atomic E-state index is -0.729. The average molecular weight is 390 g/mol. The number of carbonyl (C=O) groups excluding carboxylic acids is 4. The largest absolute Gasteiger partial charge is 0.465 e. The molecule has 0 saturated heterocycles. The molecule has 0 saturated carbocycles. The van der Waals surface area contributed by atoms with Crippen LogP contribution in [-0.2, 0) is 19.1 Å². The first-order valence-electron chi connectivity index (χ1n) is 7.87. The van der Waals surface area contributed by atoms with Gasteiger partial charge in [-0.2, -0.15) is 0 Å². The Kier molecular flexibility index (Phi) is 7.07. The van der Waals surface area contributed by atoms with Crippen molar-refractivity contribution in [2.45, 2.75) is 6.92 Å². The number of carbonyl (C=O) groups is 4. The third kappa shape index (κ3) is 6.23. The van der Waals surface area contributed by atoms with Gasteiger partial charge in [-0.3, -0.25) is 14.4 Å². The molecule has 0 radical (unpaired) electrons. The first-order valence-corrected chi connectivity index (χ1v) is 8.69. The summed E-state index contributed by atoms with van der Waals surface area (Å²) >= 11 is 1.31. The van der Waals surface area contributed by atoms with Gasteiger partial charge in [-0.25, -0.2) is 4.79 Å². The van der Waals surface area contributed by atoms with Gasteiger partial charge in [0.25, 0.3) is 11.8 Å². The van der Waals surface area contributed by atoms with Crippen molar-refractivity contribution in [2.24, 2.45) is 0 Å². The van der Waals surface area contributed by atoms with E-state index in [1.807, 2.05) is 6.92 Å². The Hall–Kier alpha value is -3.20. The van der Waals surface area contributed by atoms with Crippen molar-refractivity contribution in [2.75, 3.05) is 25.6 Å². The van der Waals surface area contributed by atoms with Crippen LogP contribution in [0.3, 0.4) is 0 Å². The standard InChI is InChI=1S/C18H18N2O6S/c1-11-3-8-14(27-11)17(23)19-9-16(22)26-10-15(21)20-13-6-4-12(5-7-13)18(24)25-2/h3-8H,9-10H2,1-2H3,(H,19,23)(H,20,21). The number of methoxy groups -OCH3 is 1. The van der Waals surface area contributed by atoms with Gasteiger partial charge >= 0.3 is 11.9 Å². The van der Waals surface area contributed by atoms with E-state index < -0.39 is 24.5 Å². The molecule has 0 spiro atoms. The summed E-state index contributed by atoms with van der Waals surface area (Å²) in [6, 6.07) is 9.51. The van der Waals surface area contributed by atoms with E-state index in [-0.39, 0.29) is 12.5 Å². The van der Waals surface area contributed by atoms with Gasteiger partial charge < -0.3 is 20.1 Å². The molecule has 1 aromatic heterocycles. The molecule has 1 heterocycles. The zero-order chi connectivity index (χ0) is 19.8. The van der Waals surface area contributed by atoms with Crippen molar-refractivity contribution in [3.05, 3.63) is 51.7 Å². The number of rotatable bonds is 7. The molecule has 2 aromatic rings. The molecule has 0 aliphatic rings. The Balaban J connectivity index is 1.72. The van der Waals surface area contributed by atoms with E-state index in [4.69, 9.17) is 4.74 Å². The maximum Gasteiger partial charge on any atom is 0.337 e. The van der Waals surface area contributed by atoms with E-state index in [1.165, 1.54) is 42.7 Å². The number of ether oxygens (including phenoxy) is 2. The van der Waals surface area contributed by atoms with Crippen LogP contribution in [0.4, 0.5) is 5.69 Å². The molecule has 0 aliphatic carbocycles. The second kappa shape index (κ2) is 9.48. The summed E-state index contributed by atoms with van der Waals surface area (Å²) in [6.45, 7) is 1.04. The van der Waals surface area contributed by atoms with Crippen LogP contribution >= 0.6 is 11.3 Å². The van der Waals surface area contributed by atoms with E-state index in [0.29, 0.717) is 16.1 Å². The van der Waals surface area contributed by atoms with Gasteiger partial charge in [0.2, 0.25) is 0 Å². The van der Waals surface area contributed by atoms with Crippen LogP contribution in [0.1, 0.15) is 24.9 Å². The topological polar surface area (TPSA) is 111 Å². The van der Waals surface area contributed by atoms with E-state index >= 15 is 0 Å². The molecule has 0 fully saturated rings. The minimum absolute atomic E-state index is 0.336. The van der Waals surface area contributed by atoms with Gasteiger partial charge in [0.15, 0.2) is 6.61 Å². The Bertz CT molecular complexity index is 844. The molecule has 1 aromatic carbocycles. The van der Waals surface area contributed by atoms with Crippen LogP contribution in [0, 0.1) is 6.92 Å². The van der Waals surface area contributed by atoms with Crippen molar-refractivity contribution in [3.8, 4) is 0 Å². The van der Waals surface area contributed by atoms with Crippen molar-refractivity contribution in [3.63, 3.8) is 0 Å². The summed E-state index contributed by atoms with van der Waals surface area (Å²) in [4.78, 5) is 48.0. The van der Waals surface area contributed by atoms with Crippen LogP contribution in [-0.4, -0.2) is 44.0 Å². The average Bonchev–Trinajstić information content (AvgIpc) is 3.11. The molecule has 2 N–H and O–H groups in total. The molecule has 27 heavy (non-hydrogen) atoms. The molecular formula is C18H18N2O6S. The SMILES string of the molecule is COC(=O)c1ccc(NC(=O)COC(=O)CNC(=O)c2ccc(C)s2)cc1. The summed E-state index contributed by atoms with van der Waals surface area (Å²) in [5, 5.41) is 4.95. The van der Waals surface area contributed by atoms with E-state index in [1.54, 1.807) is 12.1 Å². The summed E-state index contributed by atoms with van der Waals surface area (Å²) in [5.41, 5.74) is 0.781. The van der Waals surface area contributed by atoms with Crippen LogP contribution in [0.25, 0.3) is 0 Å². The number of amides is 2.